The van der Waals surface area contributed by atoms with Gasteiger partial charge in [0, 0.05) is 0 Å². The summed E-state index contributed by atoms with van der Waals surface area (Å²) < 4.78 is 0.571. The SMILES string of the molecule is [Si]C=C([Si])Cl. The van der Waals surface area contributed by atoms with E-state index in [4.69, 9.17) is 11.6 Å². The highest BCUT2D eigenvalue weighted by Gasteiger charge is 1.65. The summed E-state index contributed by atoms with van der Waals surface area (Å²) in [5.41, 5.74) is 1.57. The van der Waals surface area contributed by atoms with Crippen LogP contribution in [-0.4, -0.2) is 20.5 Å². The van der Waals surface area contributed by atoms with Gasteiger partial charge in [0.25, 0.3) is 0 Å². The van der Waals surface area contributed by atoms with Crippen LogP contribution in [0.1, 0.15) is 0 Å². The molecule has 0 aromatic rings. The third kappa shape index (κ3) is 4.46. The Bertz CT molecular complexity index is 45.6. The summed E-state index contributed by atoms with van der Waals surface area (Å²) in [5, 5.41) is 0. The molecule has 6 radical (unpaired) electrons. The van der Waals surface area contributed by atoms with Gasteiger partial charge in [0.2, 0.25) is 0 Å². The normalized spacial score (nSPS) is 12.2. The Morgan fingerprint density at radius 2 is 2.00 bits per heavy atom. The molecule has 3 heteroatoms. The van der Waals surface area contributed by atoms with Gasteiger partial charge in [-0.1, -0.05) is 17.3 Å². The molecule has 0 aliphatic heterocycles. The minimum atomic E-state index is 0.571. The van der Waals surface area contributed by atoms with Gasteiger partial charge >= 0.3 is 0 Å². The summed E-state index contributed by atoms with van der Waals surface area (Å²) in [7, 11) is 6.01. The molecule has 0 N–H and O–H groups in total. The molecular weight excluding hydrogens is 116 g/mol. The predicted molar refractivity (Wildman–Crippen MR) is 25.4 cm³/mol. The fourth-order valence-corrected chi connectivity index (χ4v) is 0. The average Bonchev–Trinajstić information content (AvgIpc) is 1.38. The second-order valence-corrected chi connectivity index (χ2v) is 2.04. The lowest BCUT2D eigenvalue weighted by Crippen LogP contribution is -1.61. The maximum absolute atomic E-state index is 5.19. The van der Waals surface area contributed by atoms with Crippen molar-refractivity contribution in [2.45, 2.75) is 0 Å². The van der Waals surface area contributed by atoms with E-state index in [0.29, 0.717) is 4.66 Å². The van der Waals surface area contributed by atoms with Gasteiger partial charge in [-0.3, -0.25) is 0 Å². The molecule has 0 nitrogen and oxygen atoms in total. The van der Waals surface area contributed by atoms with Gasteiger partial charge in [0.15, 0.2) is 0 Å². The lowest BCUT2D eigenvalue weighted by atomic mass is 11.2. The van der Waals surface area contributed by atoms with Crippen LogP contribution in [-0.2, 0) is 0 Å². The van der Waals surface area contributed by atoms with Gasteiger partial charge < -0.3 is 0 Å². The largest absolute Gasteiger partial charge is 0.0960 e. The number of hydrogen-bond acceptors (Lipinski definition) is 0. The first-order valence-electron chi connectivity index (χ1n) is 1.02. The monoisotopic (exact) mass is 116 g/mol. The summed E-state index contributed by atoms with van der Waals surface area (Å²) >= 11 is 5.19. The number of rotatable bonds is 0. The van der Waals surface area contributed by atoms with E-state index in [1.165, 1.54) is 0 Å². The molecule has 0 heterocycles. The summed E-state index contributed by atoms with van der Waals surface area (Å²) in [6.45, 7) is 0. The summed E-state index contributed by atoms with van der Waals surface area (Å²) in [6, 6.07) is 0. The highest BCUT2D eigenvalue weighted by atomic mass is 35.5. The minimum Gasteiger partial charge on any atom is -0.0960 e. The lowest BCUT2D eigenvalue weighted by Gasteiger charge is -1.69. The zero-order valence-corrected chi connectivity index (χ0v) is 5.21. The van der Waals surface area contributed by atoms with Crippen LogP contribution >= 0.6 is 11.6 Å². The van der Waals surface area contributed by atoms with Gasteiger partial charge in [-0.05, 0) is 4.66 Å². The Morgan fingerprint density at radius 3 is 2.00 bits per heavy atom. The molecular formula is C2HClSi2. The summed E-state index contributed by atoms with van der Waals surface area (Å²) in [6.07, 6.45) is 0. The van der Waals surface area contributed by atoms with Crippen molar-refractivity contribution in [1.29, 1.82) is 0 Å². The molecule has 0 aliphatic rings. The Balaban J connectivity index is 3.14. The Kier molecular flexibility index (Phi) is 2.94. The minimum absolute atomic E-state index is 0.571. The van der Waals surface area contributed by atoms with Crippen molar-refractivity contribution in [3.63, 3.8) is 0 Å². The molecule has 0 rings (SSSR count). The van der Waals surface area contributed by atoms with E-state index >= 15 is 0 Å². The molecule has 0 saturated heterocycles. The first-order valence-corrected chi connectivity index (χ1v) is 2.47. The van der Waals surface area contributed by atoms with E-state index in [0.717, 1.165) is 0 Å². The average molecular weight is 117 g/mol. The third-order valence-corrected chi connectivity index (χ3v) is 1.14. The molecule has 0 spiro atoms. The van der Waals surface area contributed by atoms with E-state index < -0.39 is 0 Å². The predicted octanol–water partition coefficient (Wildman–Crippen LogP) is 0.361. The standard InChI is InChI=1S/C2HClSi2/c3-2(5)1-4/h1H. The second-order valence-electron chi connectivity index (χ2n) is 0.492. The smallest absolute Gasteiger partial charge is 0.0874 e. The van der Waals surface area contributed by atoms with E-state index in [1.807, 2.05) is 0 Å². The molecule has 0 bridgehead atoms. The van der Waals surface area contributed by atoms with Crippen LogP contribution in [0.2, 0.25) is 0 Å². The van der Waals surface area contributed by atoms with Crippen LogP contribution in [0, 0.1) is 0 Å². The van der Waals surface area contributed by atoms with Gasteiger partial charge in [-0.15, -0.1) is 0 Å². The summed E-state index contributed by atoms with van der Waals surface area (Å²) in [5.74, 6) is 0. The van der Waals surface area contributed by atoms with Gasteiger partial charge in [-0.2, -0.15) is 0 Å². The maximum Gasteiger partial charge on any atom is 0.0874 e. The molecule has 0 aromatic heterocycles. The Hall–Kier alpha value is 0.464. The molecule has 0 unspecified atom stereocenters. The zero-order chi connectivity index (χ0) is 4.28. The van der Waals surface area contributed by atoms with E-state index in [2.05, 4.69) is 20.5 Å². The topological polar surface area (TPSA) is 0 Å². The third-order valence-electron chi connectivity index (χ3n) is 0.127. The fourth-order valence-electron chi connectivity index (χ4n) is 0. The molecule has 0 saturated carbocycles. The van der Waals surface area contributed by atoms with Crippen LogP contribution in [0.4, 0.5) is 0 Å². The molecule has 0 amide bonds. The van der Waals surface area contributed by atoms with E-state index in [-0.39, 0.29) is 0 Å². The Morgan fingerprint density at radius 1 is 1.80 bits per heavy atom. The fraction of sp³-hybridized carbons (Fsp3) is 0. The molecule has 0 fully saturated rings. The number of halogens is 1. The van der Waals surface area contributed by atoms with Gasteiger partial charge in [0.1, 0.15) is 0 Å². The summed E-state index contributed by atoms with van der Waals surface area (Å²) in [4.78, 5) is 0. The van der Waals surface area contributed by atoms with Crippen molar-refractivity contribution in [2.75, 3.05) is 0 Å². The zero-order valence-electron chi connectivity index (χ0n) is 2.46. The quantitative estimate of drug-likeness (QED) is 0.401. The van der Waals surface area contributed by atoms with Crippen LogP contribution < -0.4 is 0 Å². The van der Waals surface area contributed by atoms with Crippen LogP contribution in [0.25, 0.3) is 0 Å². The highest BCUT2D eigenvalue weighted by Crippen LogP contribution is 1.86. The molecule has 0 aliphatic carbocycles. The van der Waals surface area contributed by atoms with Crippen molar-refractivity contribution in [3.05, 3.63) is 10.4 Å². The lowest BCUT2D eigenvalue weighted by molar-refractivity contribution is 2.36. The number of hydrogen-bond donors (Lipinski definition) is 0. The van der Waals surface area contributed by atoms with Crippen molar-refractivity contribution in [2.24, 2.45) is 0 Å². The second kappa shape index (κ2) is 2.69. The Labute approximate surface area is 43.1 Å². The molecule has 0 atom stereocenters. The molecule has 24 valence electrons. The highest BCUT2D eigenvalue weighted by molar-refractivity contribution is 6.54. The van der Waals surface area contributed by atoms with Crippen molar-refractivity contribution in [3.8, 4) is 0 Å². The maximum atomic E-state index is 5.19. The van der Waals surface area contributed by atoms with Crippen LogP contribution in [0.5, 0.6) is 0 Å². The van der Waals surface area contributed by atoms with Crippen molar-refractivity contribution >= 4 is 32.1 Å². The van der Waals surface area contributed by atoms with Crippen molar-refractivity contribution in [1.82, 2.24) is 0 Å². The van der Waals surface area contributed by atoms with Crippen molar-refractivity contribution < 1.29 is 0 Å². The molecule has 5 heavy (non-hydrogen) atoms. The first-order chi connectivity index (χ1) is 2.27. The van der Waals surface area contributed by atoms with Crippen LogP contribution in [0.15, 0.2) is 10.4 Å². The van der Waals surface area contributed by atoms with E-state index in [1.54, 1.807) is 5.70 Å². The first kappa shape index (κ1) is 5.46. The van der Waals surface area contributed by atoms with E-state index in [9.17, 15) is 0 Å². The van der Waals surface area contributed by atoms with Gasteiger partial charge in [0.05, 0.1) is 20.5 Å². The van der Waals surface area contributed by atoms with Gasteiger partial charge in [-0.25, -0.2) is 0 Å². The van der Waals surface area contributed by atoms with Crippen LogP contribution in [0.3, 0.4) is 0 Å². The molecule has 0 aromatic carbocycles.